The van der Waals surface area contributed by atoms with E-state index in [0.717, 1.165) is 5.56 Å². The summed E-state index contributed by atoms with van der Waals surface area (Å²) in [5.41, 5.74) is 1.03. The van der Waals surface area contributed by atoms with Gasteiger partial charge in [0.15, 0.2) is 5.78 Å². The molecule has 0 heterocycles. The molecule has 0 radical (unpaired) electrons. The van der Waals surface area contributed by atoms with Gasteiger partial charge in [-0.05, 0) is 17.5 Å². The number of Topliss-reactive ketones (excluding diaryl/α,β-unsaturated/α-hetero) is 1. The van der Waals surface area contributed by atoms with E-state index in [1.165, 1.54) is 7.11 Å². The van der Waals surface area contributed by atoms with Crippen LogP contribution < -0.4 is 4.74 Å². The minimum absolute atomic E-state index is 0.0505. The number of carbonyl (C=O) groups is 1. The maximum atomic E-state index is 12.3. The molecule has 2 nitrogen and oxygen atoms in total. The van der Waals surface area contributed by atoms with Crippen LogP contribution in [0.15, 0.2) is 6.07 Å². The SMILES string of the molecule is COc1cc2c(c(Cl)c1Cl)C(=O)C(C)(C)C2C. The third kappa shape index (κ3) is 1.58. The van der Waals surface area contributed by atoms with E-state index < -0.39 is 5.41 Å². The van der Waals surface area contributed by atoms with Gasteiger partial charge in [-0.15, -0.1) is 0 Å². The summed E-state index contributed by atoms with van der Waals surface area (Å²) in [7, 11) is 1.54. The molecule has 0 bridgehead atoms. The second kappa shape index (κ2) is 3.89. The van der Waals surface area contributed by atoms with Crippen LogP contribution in [-0.2, 0) is 0 Å². The Kier molecular flexibility index (Phi) is 2.91. The summed E-state index contributed by atoms with van der Waals surface area (Å²) >= 11 is 12.3. The van der Waals surface area contributed by atoms with Crippen LogP contribution in [0, 0.1) is 5.41 Å². The van der Waals surface area contributed by atoms with E-state index >= 15 is 0 Å². The first-order chi connectivity index (χ1) is 7.82. The maximum absolute atomic E-state index is 12.3. The minimum atomic E-state index is -0.443. The number of ether oxygens (including phenoxy) is 1. The molecular weight excluding hydrogens is 259 g/mol. The Labute approximate surface area is 111 Å². The Morgan fingerprint density at radius 3 is 2.41 bits per heavy atom. The van der Waals surface area contributed by atoms with Crippen molar-refractivity contribution >= 4 is 29.0 Å². The van der Waals surface area contributed by atoms with E-state index in [4.69, 9.17) is 27.9 Å². The van der Waals surface area contributed by atoms with Crippen LogP contribution in [0.3, 0.4) is 0 Å². The molecule has 0 amide bonds. The Morgan fingerprint density at radius 2 is 1.88 bits per heavy atom. The molecule has 1 atom stereocenters. The van der Waals surface area contributed by atoms with Crippen molar-refractivity contribution in [3.63, 3.8) is 0 Å². The molecule has 4 heteroatoms. The first kappa shape index (κ1) is 12.7. The smallest absolute Gasteiger partial charge is 0.170 e. The van der Waals surface area contributed by atoms with E-state index in [0.29, 0.717) is 21.4 Å². The van der Waals surface area contributed by atoms with Crippen molar-refractivity contribution in [2.24, 2.45) is 5.41 Å². The maximum Gasteiger partial charge on any atom is 0.170 e. The van der Waals surface area contributed by atoms with Gasteiger partial charge in [0.1, 0.15) is 10.8 Å². The van der Waals surface area contributed by atoms with Crippen LogP contribution in [0.1, 0.15) is 42.6 Å². The molecular formula is C13H14Cl2O2. The molecule has 0 N–H and O–H groups in total. The van der Waals surface area contributed by atoms with Crippen LogP contribution in [0.2, 0.25) is 10.0 Å². The van der Waals surface area contributed by atoms with Crippen LogP contribution in [0.5, 0.6) is 5.75 Å². The van der Waals surface area contributed by atoms with Gasteiger partial charge in [0.2, 0.25) is 0 Å². The van der Waals surface area contributed by atoms with E-state index in [1.807, 2.05) is 26.8 Å². The number of fused-ring (bicyclic) bond motifs is 1. The van der Waals surface area contributed by atoms with Crippen molar-refractivity contribution in [3.8, 4) is 5.75 Å². The second-order valence-corrected chi connectivity index (χ2v) is 5.70. The lowest BCUT2D eigenvalue weighted by molar-refractivity contribution is 0.0841. The number of benzene rings is 1. The number of carbonyl (C=O) groups excluding carboxylic acids is 1. The average Bonchev–Trinajstić information content (AvgIpc) is 2.45. The highest BCUT2D eigenvalue weighted by molar-refractivity contribution is 6.45. The van der Waals surface area contributed by atoms with Crippen molar-refractivity contribution in [3.05, 3.63) is 27.2 Å². The molecule has 1 aliphatic rings. The number of methoxy groups -OCH3 is 1. The Bertz CT molecular complexity index is 507. The molecule has 0 aromatic heterocycles. The Morgan fingerprint density at radius 1 is 1.29 bits per heavy atom. The third-order valence-corrected chi connectivity index (χ3v) is 4.63. The predicted molar refractivity (Wildman–Crippen MR) is 69.5 cm³/mol. The molecule has 0 saturated heterocycles. The van der Waals surface area contributed by atoms with Gasteiger partial charge in [-0.1, -0.05) is 44.0 Å². The van der Waals surface area contributed by atoms with Gasteiger partial charge in [-0.2, -0.15) is 0 Å². The average molecular weight is 273 g/mol. The van der Waals surface area contributed by atoms with Crippen molar-refractivity contribution in [2.45, 2.75) is 26.7 Å². The summed E-state index contributed by atoms with van der Waals surface area (Å²) in [6.07, 6.45) is 0. The van der Waals surface area contributed by atoms with E-state index in [9.17, 15) is 4.79 Å². The second-order valence-electron chi connectivity index (χ2n) is 4.94. The zero-order valence-electron chi connectivity index (χ0n) is 10.2. The Balaban J connectivity index is 2.76. The summed E-state index contributed by atoms with van der Waals surface area (Å²) < 4.78 is 5.18. The molecule has 1 aliphatic carbocycles. The van der Waals surface area contributed by atoms with E-state index in [2.05, 4.69) is 0 Å². The quantitative estimate of drug-likeness (QED) is 0.761. The molecule has 0 aliphatic heterocycles. The molecule has 92 valence electrons. The fraction of sp³-hybridized carbons (Fsp3) is 0.462. The zero-order chi connectivity index (χ0) is 13.0. The van der Waals surface area contributed by atoms with Crippen LogP contribution in [0.25, 0.3) is 0 Å². The van der Waals surface area contributed by atoms with E-state index in [1.54, 1.807) is 0 Å². The standard InChI is InChI=1S/C13H14Cl2O2/c1-6-7-5-8(17-4)10(14)11(15)9(7)12(16)13(6,2)3/h5-6H,1-4H3. The summed E-state index contributed by atoms with van der Waals surface area (Å²) in [5, 5.41) is 0.620. The van der Waals surface area contributed by atoms with Crippen molar-refractivity contribution in [1.82, 2.24) is 0 Å². The monoisotopic (exact) mass is 272 g/mol. The van der Waals surface area contributed by atoms with Gasteiger partial charge < -0.3 is 4.74 Å². The van der Waals surface area contributed by atoms with Gasteiger partial charge in [-0.3, -0.25) is 4.79 Å². The fourth-order valence-corrected chi connectivity index (χ4v) is 2.76. The number of halogens is 2. The minimum Gasteiger partial charge on any atom is -0.495 e. The van der Waals surface area contributed by atoms with Gasteiger partial charge in [0, 0.05) is 11.0 Å². The fourth-order valence-electron chi connectivity index (χ4n) is 2.25. The lowest BCUT2D eigenvalue weighted by atomic mass is 9.80. The van der Waals surface area contributed by atoms with Crippen LogP contribution in [-0.4, -0.2) is 12.9 Å². The number of hydrogen-bond acceptors (Lipinski definition) is 2. The van der Waals surface area contributed by atoms with E-state index in [-0.39, 0.29) is 11.7 Å². The van der Waals surface area contributed by atoms with Gasteiger partial charge in [-0.25, -0.2) is 0 Å². The highest BCUT2D eigenvalue weighted by Crippen LogP contribution is 2.52. The van der Waals surface area contributed by atoms with Gasteiger partial charge in [0.05, 0.1) is 12.1 Å². The third-order valence-electron chi connectivity index (χ3n) is 3.79. The number of rotatable bonds is 1. The molecule has 1 aromatic rings. The first-order valence-corrected chi connectivity index (χ1v) is 6.18. The van der Waals surface area contributed by atoms with Crippen molar-refractivity contribution < 1.29 is 9.53 Å². The summed E-state index contributed by atoms with van der Waals surface area (Å²) in [5.74, 6) is 0.677. The predicted octanol–water partition coefficient (Wildman–Crippen LogP) is 4.33. The Hall–Kier alpha value is -0.730. The zero-order valence-corrected chi connectivity index (χ0v) is 11.7. The van der Waals surface area contributed by atoms with Crippen LogP contribution in [0.4, 0.5) is 0 Å². The largest absolute Gasteiger partial charge is 0.495 e. The topological polar surface area (TPSA) is 26.3 Å². The number of hydrogen-bond donors (Lipinski definition) is 0. The first-order valence-electron chi connectivity index (χ1n) is 5.43. The lowest BCUT2D eigenvalue weighted by Crippen LogP contribution is -2.22. The summed E-state index contributed by atoms with van der Waals surface area (Å²) in [4.78, 5) is 12.3. The number of ketones is 1. The van der Waals surface area contributed by atoms with Crippen molar-refractivity contribution in [1.29, 1.82) is 0 Å². The van der Waals surface area contributed by atoms with Gasteiger partial charge >= 0.3 is 0 Å². The van der Waals surface area contributed by atoms with Gasteiger partial charge in [0.25, 0.3) is 0 Å². The highest BCUT2D eigenvalue weighted by atomic mass is 35.5. The van der Waals surface area contributed by atoms with Crippen molar-refractivity contribution in [2.75, 3.05) is 7.11 Å². The normalized spacial score (nSPS) is 21.5. The van der Waals surface area contributed by atoms with Crippen LogP contribution >= 0.6 is 23.2 Å². The summed E-state index contributed by atoms with van der Waals surface area (Å²) in [6, 6.07) is 1.82. The molecule has 17 heavy (non-hydrogen) atoms. The highest BCUT2D eigenvalue weighted by Gasteiger charge is 2.45. The molecule has 1 unspecified atom stereocenters. The molecule has 0 spiro atoms. The molecule has 1 aromatic carbocycles. The molecule has 0 saturated carbocycles. The summed E-state index contributed by atoms with van der Waals surface area (Å²) in [6.45, 7) is 5.88. The lowest BCUT2D eigenvalue weighted by Gasteiger charge is -2.21. The molecule has 0 fully saturated rings. The molecule has 2 rings (SSSR count).